The summed E-state index contributed by atoms with van der Waals surface area (Å²) in [5.74, 6) is -0.498. The molecule has 1 rings (SSSR count). The van der Waals surface area contributed by atoms with Gasteiger partial charge in [0.05, 0.1) is 0 Å². The molecule has 1 fully saturated rings. The standard InChI is InChI=1S/C15H27FO4/c1-4-7-9-18-12-13(19-10-8-5-2)15(6-3,11-16)20-14(12)17/h12-13H,4-11H2,1-3H3/t12-,13+,15+/m1/s1. The lowest BCUT2D eigenvalue weighted by atomic mass is 9.93. The van der Waals surface area contributed by atoms with Crippen molar-refractivity contribution in [3.63, 3.8) is 0 Å². The van der Waals surface area contributed by atoms with Crippen molar-refractivity contribution < 1.29 is 23.4 Å². The summed E-state index contributed by atoms with van der Waals surface area (Å²) >= 11 is 0. The van der Waals surface area contributed by atoms with E-state index in [1.54, 1.807) is 6.92 Å². The molecule has 0 unspecified atom stereocenters. The number of alkyl halides is 1. The number of unbranched alkanes of at least 4 members (excludes halogenated alkanes) is 2. The number of ether oxygens (including phenoxy) is 3. The summed E-state index contributed by atoms with van der Waals surface area (Å²) in [5, 5.41) is 0. The third kappa shape index (κ3) is 3.92. The molecule has 0 bridgehead atoms. The molecule has 0 aromatic rings. The fourth-order valence-corrected chi connectivity index (χ4v) is 2.29. The highest BCUT2D eigenvalue weighted by molar-refractivity contribution is 5.79. The average Bonchev–Trinajstić information content (AvgIpc) is 2.73. The van der Waals surface area contributed by atoms with Crippen molar-refractivity contribution in [2.45, 2.75) is 70.7 Å². The topological polar surface area (TPSA) is 44.8 Å². The van der Waals surface area contributed by atoms with Gasteiger partial charge in [-0.1, -0.05) is 33.6 Å². The molecule has 20 heavy (non-hydrogen) atoms. The maximum absolute atomic E-state index is 13.4. The van der Waals surface area contributed by atoms with E-state index in [9.17, 15) is 9.18 Å². The quantitative estimate of drug-likeness (QED) is 0.458. The second-order valence-electron chi connectivity index (χ2n) is 5.26. The Labute approximate surface area is 121 Å². The predicted octanol–water partition coefficient (Wildman–Crippen LogP) is 3.03. The molecule has 118 valence electrons. The predicted molar refractivity (Wildman–Crippen MR) is 74.4 cm³/mol. The van der Waals surface area contributed by atoms with E-state index in [1.807, 2.05) is 6.92 Å². The molecule has 4 nitrogen and oxygen atoms in total. The Kier molecular flexibility index (Phi) is 7.45. The number of esters is 1. The Morgan fingerprint density at radius 3 is 2.25 bits per heavy atom. The maximum Gasteiger partial charge on any atom is 0.338 e. The lowest BCUT2D eigenvalue weighted by molar-refractivity contribution is -0.157. The number of cyclic esters (lactones) is 1. The van der Waals surface area contributed by atoms with Crippen LogP contribution >= 0.6 is 0 Å². The molecule has 0 radical (unpaired) electrons. The Morgan fingerprint density at radius 1 is 1.15 bits per heavy atom. The Balaban J connectivity index is 2.74. The molecule has 0 aromatic carbocycles. The van der Waals surface area contributed by atoms with Crippen LogP contribution in [0, 0.1) is 0 Å². The van der Waals surface area contributed by atoms with Gasteiger partial charge in [0.2, 0.25) is 0 Å². The van der Waals surface area contributed by atoms with E-state index in [0.717, 1.165) is 25.7 Å². The van der Waals surface area contributed by atoms with E-state index in [1.165, 1.54) is 0 Å². The molecule has 1 heterocycles. The summed E-state index contributed by atoms with van der Waals surface area (Å²) in [6.45, 7) is 6.13. The number of carbonyl (C=O) groups is 1. The lowest BCUT2D eigenvalue weighted by Gasteiger charge is -2.30. The summed E-state index contributed by atoms with van der Waals surface area (Å²) in [5.41, 5.74) is -1.18. The van der Waals surface area contributed by atoms with E-state index < -0.39 is 30.5 Å². The zero-order valence-electron chi connectivity index (χ0n) is 12.8. The Morgan fingerprint density at radius 2 is 1.75 bits per heavy atom. The minimum Gasteiger partial charge on any atom is -0.451 e. The first kappa shape index (κ1) is 17.4. The van der Waals surface area contributed by atoms with Crippen LogP contribution in [0.5, 0.6) is 0 Å². The van der Waals surface area contributed by atoms with E-state index in [4.69, 9.17) is 14.2 Å². The van der Waals surface area contributed by atoms with Crippen molar-refractivity contribution in [1.82, 2.24) is 0 Å². The minimum atomic E-state index is -1.18. The second kappa shape index (κ2) is 8.57. The minimum absolute atomic E-state index is 0.389. The molecule has 0 aliphatic carbocycles. The van der Waals surface area contributed by atoms with Crippen molar-refractivity contribution in [2.75, 3.05) is 19.9 Å². The SMILES string of the molecule is CCCCO[C@H]1C(=O)O[C@@](CC)(CF)[C@H]1OCCCC. The molecular weight excluding hydrogens is 263 g/mol. The first-order valence-corrected chi connectivity index (χ1v) is 7.67. The molecule has 0 saturated carbocycles. The molecule has 0 spiro atoms. The fourth-order valence-electron chi connectivity index (χ4n) is 2.29. The van der Waals surface area contributed by atoms with Crippen LogP contribution in [0.15, 0.2) is 0 Å². The second-order valence-corrected chi connectivity index (χ2v) is 5.26. The highest BCUT2D eigenvalue weighted by Crippen LogP contribution is 2.35. The third-order valence-electron chi connectivity index (χ3n) is 3.74. The molecule has 0 aromatic heterocycles. The van der Waals surface area contributed by atoms with E-state index >= 15 is 0 Å². The lowest BCUT2D eigenvalue weighted by Crippen LogP contribution is -2.47. The van der Waals surface area contributed by atoms with Crippen molar-refractivity contribution >= 4 is 5.97 Å². The van der Waals surface area contributed by atoms with E-state index in [2.05, 4.69) is 6.92 Å². The molecule has 0 N–H and O–H groups in total. The Bertz CT molecular complexity index is 292. The molecule has 0 amide bonds. The van der Waals surface area contributed by atoms with Crippen molar-refractivity contribution in [3.8, 4) is 0 Å². The summed E-state index contributed by atoms with van der Waals surface area (Å²) in [6.07, 6.45) is 2.64. The summed E-state index contributed by atoms with van der Waals surface area (Å²) in [7, 11) is 0. The van der Waals surface area contributed by atoms with Crippen LogP contribution in [0.4, 0.5) is 4.39 Å². The summed E-state index contributed by atoms with van der Waals surface area (Å²) in [4.78, 5) is 12.0. The molecule has 5 heteroatoms. The van der Waals surface area contributed by atoms with Crippen molar-refractivity contribution in [2.24, 2.45) is 0 Å². The highest BCUT2D eigenvalue weighted by atomic mass is 19.1. The van der Waals surface area contributed by atoms with Gasteiger partial charge in [0.1, 0.15) is 12.8 Å². The van der Waals surface area contributed by atoms with Gasteiger partial charge in [0, 0.05) is 13.2 Å². The van der Waals surface area contributed by atoms with Crippen LogP contribution < -0.4 is 0 Å². The third-order valence-corrected chi connectivity index (χ3v) is 3.74. The molecule has 1 aliphatic rings. The molecule has 1 aliphatic heterocycles. The monoisotopic (exact) mass is 290 g/mol. The van der Waals surface area contributed by atoms with Gasteiger partial charge in [-0.25, -0.2) is 9.18 Å². The van der Waals surface area contributed by atoms with E-state index in [-0.39, 0.29) is 0 Å². The summed E-state index contributed by atoms with van der Waals surface area (Å²) in [6, 6.07) is 0. The molecular formula is C15H27FO4. The van der Waals surface area contributed by atoms with Crippen molar-refractivity contribution in [1.29, 1.82) is 0 Å². The van der Waals surface area contributed by atoms with E-state index in [0.29, 0.717) is 19.6 Å². The van der Waals surface area contributed by atoms with Gasteiger partial charge in [-0.05, 0) is 19.3 Å². The van der Waals surface area contributed by atoms with Gasteiger partial charge in [0.15, 0.2) is 11.7 Å². The van der Waals surface area contributed by atoms with Crippen LogP contribution in [0.25, 0.3) is 0 Å². The normalized spacial score (nSPS) is 29.7. The van der Waals surface area contributed by atoms with Gasteiger partial charge in [-0.2, -0.15) is 0 Å². The van der Waals surface area contributed by atoms with Crippen molar-refractivity contribution in [3.05, 3.63) is 0 Å². The Hall–Kier alpha value is -0.680. The van der Waals surface area contributed by atoms with Crippen LogP contribution in [-0.2, 0) is 19.0 Å². The van der Waals surface area contributed by atoms with Gasteiger partial charge >= 0.3 is 5.97 Å². The zero-order chi connectivity index (χ0) is 15.0. The first-order chi connectivity index (χ1) is 9.65. The zero-order valence-corrected chi connectivity index (χ0v) is 12.8. The first-order valence-electron chi connectivity index (χ1n) is 7.67. The highest BCUT2D eigenvalue weighted by Gasteiger charge is 2.56. The number of rotatable bonds is 10. The number of halogens is 1. The largest absolute Gasteiger partial charge is 0.451 e. The average molecular weight is 290 g/mol. The van der Waals surface area contributed by atoms with Crippen LogP contribution in [0.3, 0.4) is 0 Å². The van der Waals surface area contributed by atoms with Crippen LogP contribution in [0.2, 0.25) is 0 Å². The van der Waals surface area contributed by atoms with Crippen LogP contribution in [-0.4, -0.2) is 43.7 Å². The maximum atomic E-state index is 13.4. The van der Waals surface area contributed by atoms with Gasteiger partial charge in [0.25, 0.3) is 0 Å². The number of hydrogen-bond donors (Lipinski definition) is 0. The van der Waals surface area contributed by atoms with Gasteiger partial charge < -0.3 is 14.2 Å². The van der Waals surface area contributed by atoms with Gasteiger partial charge in [-0.15, -0.1) is 0 Å². The smallest absolute Gasteiger partial charge is 0.338 e. The molecule has 3 atom stereocenters. The summed E-state index contributed by atoms with van der Waals surface area (Å²) < 4.78 is 30.0. The number of carbonyl (C=O) groups excluding carboxylic acids is 1. The fraction of sp³-hybridized carbons (Fsp3) is 0.933. The van der Waals surface area contributed by atoms with Crippen LogP contribution in [0.1, 0.15) is 52.9 Å². The number of hydrogen-bond acceptors (Lipinski definition) is 4. The molecule has 1 saturated heterocycles. The van der Waals surface area contributed by atoms with Gasteiger partial charge in [-0.3, -0.25) is 0 Å².